The molecule has 1 saturated heterocycles. The van der Waals surface area contributed by atoms with Crippen LogP contribution in [0.5, 0.6) is 0 Å². The predicted molar refractivity (Wildman–Crippen MR) is 124 cm³/mol. The third-order valence-electron chi connectivity index (χ3n) is 4.62. The number of alkyl halides is 3. The number of halogens is 5. The lowest BCUT2D eigenvalue weighted by atomic mass is 10.1. The number of benzene rings is 2. The first-order chi connectivity index (χ1) is 15.7. The van der Waals surface area contributed by atoms with Crippen molar-refractivity contribution in [1.82, 2.24) is 5.32 Å². The van der Waals surface area contributed by atoms with Gasteiger partial charge < -0.3 is 9.73 Å². The summed E-state index contributed by atoms with van der Waals surface area (Å²) in [6, 6.07) is 14.3. The van der Waals surface area contributed by atoms with E-state index >= 15 is 0 Å². The summed E-state index contributed by atoms with van der Waals surface area (Å²) in [6.45, 7) is 0. The van der Waals surface area contributed by atoms with Crippen molar-refractivity contribution < 1.29 is 22.4 Å². The number of rotatable bonds is 5. The Bertz CT molecular complexity index is 1240. The van der Waals surface area contributed by atoms with E-state index < -0.39 is 17.0 Å². The van der Waals surface area contributed by atoms with E-state index in [0.29, 0.717) is 22.1 Å². The first-order valence-electron chi connectivity index (χ1n) is 9.49. The fourth-order valence-corrected chi connectivity index (χ4v) is 4.36. The van der Waals surface area contributed by atoms with Gasteiger partial charge in [0.25, 0.3) is 0 Å². The Morgan fingerprint density at radius 3 is 2.58 bits per heavy atom. The fourth-order valence-electron chi connectivity index (χ4n) is 3.05. The van der Waals surface area contributed by atoms with Crippen LogP contribution in [0, 0.1) is 0 Å². The number of furan rings is 1. The zero-order valence-electron chi connectivity index (χ0n) is 16.6. The molecule has 1 aromatic heterocycles. The Kier molecular flexibility index (Phi) is 6.83. The summed E-state index contributed by atoms with van der Waals surface area (Å²) in [4.78, 5) is 12.2. The second-order valence-electron chi connectivity index (χ2n) is 6.97. The molecule has 0 bridgehead atoms. The van der Waals surface area contributed by atoms with Gasteiger partial charge in [0.2, 0.25) is 5.91 Å². The molecule has 3 aromatic rings. The highest BCUT2D eigenvalue weighted by molar-refractivity contribution is 8.15. The highest BCUT2D eigenvalue weighted by Crippen LogP contribution is 2.36. The number of amidine groups is 1. The smallest absolute Gasteiger partial charge is 0.417 e. The molecular weight excluding hydrogens is 498 g/mol. The van der Waals surface area contributed by atoms with E-state index in [1.165, 1.54) is 18.3 Å². The van der Waals surface area contributed by atoms with E-state index in [2.05, 4.69) is 15.5 Å². The normalized spacial score (nSPS) is 17.8. The number of hydrogen-bond acceptors (Lipinski definition) is 5. The maximum absolute atomic E-state index is 13.1. The second kappa shape index (κ2) is 9.62. The van der Waals surface area contributed by atoms with Crippen molar-refractivity contribution in [3.8, 4) is 11.3 Å². The minimum absolute atomic E-state index is 0.0854. The van der Waals surface area contributed by atoms with E-state index in [-0.39, 0.29) is 22.5 Å². The zero-order chi connectivity index (χ0) is 23.6. The highest BCUT2D eigenvalue weighted by atomic mass is 35.5. The molecule has 2 heterocycles. The van der Waals surface area contributed by atoms with Gasteiger partial charge in [-0.25, -0.2) is 0 Å². The largest absolute Gasteiger partial charge is 0.455 e. The minimum atomic E-state index is -4.57. The van der Waals surface area contributed by atoms with Gasteiger partial charge in [-0.15, -0.1) is 5.10 Å². The van der Waals surface area contributed by atoms with Crippen molar-refractivity contribution in [3.63, 3.8) is 0 Å². The Morgan fingerprint density at radius 2 is 1.85 bits per heavy atom. The summed E-state index contributed by atoms with van der Waals surface area (Å²) in [5.74, 6) is 0.724. The van der Waals surface area contributed by atoms with Gasteiger partial charge in [-0.1, -0.05) is 41.0 Å². The molecule has 1 aliphatic heterocycles. The summed E-state index contributed by atoms with van der Waals surface area (Å²) in [5, 5.41) is 10.3. The van der Waals surface area contributed by atoms with Crippen LogP contribution in [-0.4, -0.2) is 22.5 Å². The van der Waals surface area contributed by atoms with Crippen LogP contribution in [-0.2, 0) is 17.4 Å². The number of nitrogens with zero attached hydrogens (tertiary/aromatic N) is 2. The van der Waals surface area contributed by atoms with Crippen molar-refractivity contribution in [3.05, 3.63) is 81.5 Å². The molecule has 1 amide bonds. The van der Waals surface area contributed by atoms with Crippen LogP contribution >= 0.6 is 35.0 Å². The molecule has 1 atom stereocenters. The van der Waals surface area contributed by atoms with Crippen molar-refractivity contribution in [2.24, 2.45) is 10.2 Å². The number of carbonyl (C=O) groups excluding carboxylic acids is 1. The average Bonchev–Trinajstić information content (AvgIpc) is 3.36. The first-order valence-corrected chi connectivity index (χ1v) is 11.1. The van der Waals surface area contributed by atoms with Gasteiger partial charge in [-0.05, 0) is 60.5 Å². The Labute approximate surface area is 200 Å². The standard InChI is InChI=1S/C22H14Cl2F3N3O2S/c23-14-4-2-13(3-5-14)18-8-6-15(32-18)11-28-30-21-29-20(31)19(33-21)10-12-1-7-17(24)16(9-12)22(25,26)27/h1-9,11,19H,10H2,(H,29,30,31)/b28-11+. The van der Waals surface area contributed by atoms with Crippen LogP contribution in [0.25, 0.3) is 11.3 Å². The first kappa shape index (κ1) is 23.4. The van der Waals surface area contributed by atoms with Gasteiger partial charge in [0.1, 0.15) is 11.5 Å². The van der Waals surface area contributed by atoms with E-state index in [0.717, 1.165) is 23.4 Å². The van der Waals surface area contributed by atoms with Gasteiger partial charge in [-0.3, -0.25) is 4.79 Å². The average molecular weight is 512 g/mol. The van der Waals surface area contributed by atoms with Crippen molar-refractivity contribution in [1.29, 1.82) is 0 Å². The van der Waals surface area contributed by atoms with Gasteiger partial charge in [0.15, 0.2) is 5.17 Å². The Morgan fingerprint density at radius 1 is 1.09 bits per heavy atom. The van der Waals surface area contributed by atoms with E-state index in [1.54, 1.807) is 24.3 Å². The summed E-state index contributed by atoms with van der Waals surface area (Å²) in [6.07, 6.45) is -3.10. The summed E-state index contributed by atoms with van der Waals surface area (Å²) in [5.41, 5.74) is 0.261. The van der Waals surface area contributed by atoms with E-state index in [4.69, 9.17) is 27.6 Å². The lowest BCUT2D eigenvalue weighted by molar-refractivity contribution is -0.137. The molecule has 1 aliphatic rings. The molecule has 0 saturated carbocycles. The second-order valence-corrected chi connectivity index (χ2v) is 9.01. The molecule has 1 fully saturated rings. The fraction of sp³-hybridized carbons (Fsp3) is 0.136. The molecule has 0 aliphatic carbocycles. The molecular formula is C22H14Cl2F3N3O2S. The molecule has 170 valence electrons. The van der Waals surface area contributed by atoms with Crippen molar-refractivity contribution in [2.45, 2.75) is 17.8 Å². The number of nitrogens with one attached hydrogen (secondary N) is 1. The predicted octanol–water partition coefficient (Wildman–Crippen LogP) is 6.44. The van der Waals surface area contributed by atoms with Crippen LogP contribution in [0.3, 0.4) is 0 Å². The topological polar surface area (TPSA) is 67.0 Å². The molecule has 4 rings (SSSR count). The maximum atomic E-state index is 13.1. The Hall–Kier alpha value is -2.75. The van der Waals surface area contributed by atoms with Crippen LogP contribution in [0.4, 0.5) is 13.2 Å². The maximum Gasteiger partial charge on any atom is 0.417 e. The molecule has 2 aromatic carbocycles. The summed E-state index contributed by atoms with van der Waals surface area (Å²) < 4.78 is 44.9. The molecule has 1 unspecified atom stereocenters. The molecule has 5 nitrogen and oxygen atoms in total. The zero-order valence-corrected chi connectivity index (χ0v) is 18.9. The number of thioether (sulfide) groups is 1. The van der Waals surface area contributed by atoms with Gasteiger partial charge in [-0.2, -0.15) is 18.3 Å². The summed E-state index contributed by atoms with van der Waals surface area (Å²) >= 11 is 12.6. The van der Waals surface area contributed by atoms with Crippen LogP contribution in [0.2, 0.25) is 10.0 Å². The van der Waals surface area contributed by atoms with Crippen LogP contribution in [0.1, 0.15) is 16.9 Å². The van der Waals surface area contributed by atoms with Crippen molar-refractivity contribution in [2.75, 3.05) is 0 Å². The lowest BCUT2D eigenvalue weighted by Crippen LogP contribution is -2.26. The minimum Gasteiger partial charge on any atom is -0.455 e. The van der Waals surface area contributed by atoms with Crippen LogP contribution < -0.4 is 5.32 Å². The van der Waals surface area contributed by atoms with Gasteiger partial charge >= 0.3 is 6.18 Å². The molecule has 11 heteroatoms. The monoisotopic (exact) mass is 511 g/mol. The van der Waals surface area contributed by atoms with E-state index in [9.17, 15) is 18.0 Å². The number of amides is 1. The van der Waals surface area contributed by atoms with Gasteiger partial charge in [0.05, 0.1) is 22.1 Å². The Balaban J connectivity index is 1.40. The third-order valence-corrected chi connectivity index (χ3v) is 6.28. The molecule has 0 spiro atoms. The van der Waals surface area contributed by atoms with Crippen molar-refractivity contribution >= 4 is 52.3 Å². The summed E-state index contributed by atoms with van der Waals surface area (Å²) in [7, 11) is 0. The van der Waals surface area contributed by atoms with E-state index in [1.807, 2.05) is 12.1 Å². The number of hydrogen-bond donors (Lipinski definition) is 1. The molecule has 1 N–H and O–H groups in total. The number of carbonyl (C=O) groups is 1. The quantitative estimate of drug-likeness (QED) is 0.316. The third kappa shape index (κ3) is 5.79. The SMILES string of the molecule is O=C1N/C(=N\N=C\c2ccc(-c3ccc(Cl)cc3)o2)SC1Cc1ccc(Cl)c(C(F)(F)F)c1. The van der Waals surface area contributed by atoms with Crippen LogP contribution in [0.15, 0.2) is 69.2 Å². The lowest BCUT2D eigenvalue weighted by Gasteiger charge is -2.12. The molecule has 0 radical (unpaired) electrons. The highest BCUT2D eigenvalue weighted by Gasteiger charge is 2.35. The van der Waals surface area contributed by atoms with Gasteiger partial charge in [0, 0.05) is 10.6 Å². The molecule has 33 heavy (non-hydrogen) atoms.